The van der Waals surface area contributed by atoms with Crippen molar-refractivity contribution < 1.29 is 23.0 Å². The second kappa shape index (κ2) is 9.15. The number of aryl methyl sites for hydroxylation is 1. The third-order valence-corrected chi connectivity index (χ3v) is 4.86. The molecule has 1 N–H and O–H groups in total. The summed E-state index contributed by atoms with van der Waals surface area (Å²) in [5.41, 5.74) is -0.620. The lowest BCUT2D eigenvalue weighted by molar-refractivity contribution is -0.139. The topological polar surface area (TPSA) is 91.3 Å². The molecule has 0 bridgehead atoms. The minimum absolute atomic E-state index is 0.00813. The number of benzene rings is 1. The van der Waals surface area contributed by atoms with Crippen LogP contribution in [0.3, 0.4) is 0 Å². The fourth-order valence-electron chi connectivity index (χ4n) is 3.06. The lowest BCUT2D eigenvalue weighted by Crippen LogP contribution is -2.39. The number of hydrogen-bond donors (Lipinski definition) is 1. The Hall–Kier alpha value is -2.79. The summed E-state index contributed by atoms with van der Waals surface area (Å²) in [6.45, 7) is -0.875. The number of aliphatic hydroxyl groups excluding tert-OH is 1. The number of rotatable bonds is 8. The van der Waals surface area contributed by atoms with Crippen molar-refractivity contribution in [2.45, 2.75) is 32.1 Å². The summed E-state index contributed by atoms with van der Waals surface area (Å²) in [4.78, 5) is 29.8. The number of ether oxygens (including phenoxy) is 1. The summed E-state index contributed by atoms with van der Waals surface area (Å²) in [6, 6.07) is 6.45. The van der Waals surface area contributed by atoms with Gasteiger partial charge in [-0.3, -0.25) is 18.5 Å². The Labute approximate surface area is 179 Å². The molecular weight excluding hydrogens is 441 g/mol. The maximum Gasteiger partial charge on any atom is 0.392 e. The quantitative estimate of drug-likeness (QED) is 0.557. The van der Waals surface area contributed by atoms with Crippen LogP contribution in [0, 0.1) is 0 Å². The molecule has 2 aromatic heterocycles. The van der Waals surface area contributed by atoms with E-state index in [1.807, 2.05) is 0 Å². The molecule has 3 rings (SSSR count). The minimum Gasteiger partial charge on any atom is -0.464 e. The van der Waals surface area contributed by atoms with E-state index in [1.165, 1.54) is 11.6 Å². The van der Waals surface area contributed by atoms with Crippen LogP contribution in [-0.4, -0.2) is 43.2 Å². The molecule has 0 saturated carbocycles. The Balaban J connectivity index is 2.15. The van der Waals surface area contributed by atoms with Crippen molar-refractivity contribution in [2.24, 2.45) is 7.05 Å². The zero-order valence-corrected chi connectivity index (χ0v) is 17.3. The van der Waals surface area contributed by atoms with Crippen LogP contribution in [0.2, 0.25) is 5.02 Å². The number of fused-ring (bicyclic) bond motifs is 1. The molecule has 0 aliphatic rings. The number of alkyl halides is 3. The minimum atomic E-state index is -4.42. The third-order valence-electron chi connectivity index (χ3n) is 4.61. The fourth-order valence-corrected chi connectivity index (χ4v) is 3.19. The summed E-state index contributed by atoms with van der Waals surface area (Å²) in [5, 5.41) is 9.56. The van der Waals surface area contributed by atoms with Gasteiger partial charge in [0.15, 0.2) is 11.2 Å². The Morgan fingerprint density at radius 1 is 1.16 bits per heavy atom. The van der Waals surface area contributed by atoms with E-state index in [9.17, 15) is 22.8 Å². The number of aliphatic hydroxyl groups is 1. The molecule has 31 heavy (non-hydrogen) atoms. The van der Waals surface area contributed by atoms with E-state index < -0.39 is 30.5 Å². The zero-order chi connectivity index (χ0) is 22.8. The van der Waals surface area contributed by atoms with E-state index in [4.69, 9.17) is 21.4 Å². The van der Waals surface area contributed by atoms with Crippen LogP contribution in [0.5, 0.6) is 6.01 Å². The van der Waals surface area contributed by atoms with Gasteiger partial charge in [0.1, 0.15) is 6.61 Å². The van der Waals surface area contributed by atoms with Gasteiger partial charge in [-0.1, -0.05) is 23.7 Å². The summed E-state index contributed by atoms with van der Waals surface area (Å²) < 4.78 is 46.4. The van der Waals surface area contributed by atoms with Gasteiger partial charge in [-0.25, -0.2) is 4.79 Å². The van der Waals surface area contributed by atoms with Crippen LogP contribution in [0.15, 0.2) is 33.9 Å². The van der Waals surface area contributed by atoms with Crippen molar-refractivity contribution >= 4 is 22.8 Å². The molecule has 3 aromatic rings. The maximum atomic E-state index is 13.1. The molecule has 0 saturated heterocycles. The fraction of sp³-hybridized carbons (Fsp3) is 0.421. The number of hydrogen-bond acceptors (Lipinski definition) is 5. The van der Waals surface area contributed by atoms with Gasteiger partial charge in [-0.2, -0.15) is 18.2 Å². The molecule has 0 amide bonds. The molecule has 2 heterocycles. The van der Waals surface area contributed by atoms with Crippen molar-refractivity contribution in [3.63, 3.8) is 0 Å². The van der Waals surface area contributed by atoms with E-state index in [1.54, 1.807) is 24.3 Å². The van der Waals surface area contributed by atoms with E-state index in [-0.39, 0.29) is 43.3 Å². The number of halogens is 4. The molecule has 8 nitrogen and oxygen atoms in total. The van der Waals surface area contributed by atoms with Crippen molar-refractivity contribution in [3.05, 3.63) is 55.7 Å². The molecule has 0 radical (unpaired) electrons. The Bertz CT molecular complexity index is 1180. The molecule has 0 spiro atoms. The molecule has 12 heteroatoms. The van der Waals surface area contributed by atoms with Gasteiger partial charge >= 0.3 is 11.9 Å². The molecule has 0 unspecified atom stereocenters. The van der Waals surface area contributed by atoms with Crippen LogP contribution in [0.25, 0.3) is 11.2 Å². The summed E-state index contributed by atoms with van der Waals surface area (Å²) >= 11 is 5.90. The Kier molecular flexibility index (Phi) is 6.75. The highest BCUT2D eigenvalue weighted by atomic mass is 35.5. The van der Waals surface area contributed by atoms with Crippen molar-refractivity contribution in [1.29, 1.82) is 0 Å². The van der Waals surface area contributed by atoms with Crippen molar-refractivity contribution in [2.75, 3.05) is 13.2 Å². The first-order valence-corrected chi connectivity index (χ1v) is 9.75. The molecule has 168 valence electrons. The normalized spacial score (nSPS) is 11.9. The average Bonchev–Trinajstić information content (AvgIpc) is 3.05. The largest absolute Gasteiger partial charge is 0.464 e. The summed E-state index contributed by atoms with van der Waals surface area (Å²) in [6.07, 6.45) is -5.44. The predicted molar refractivity (Wildman–Crippen MR) is 108 cm³/mol. The van der Waals surface area contributed by atoms with Crippen molar-refractivity contribution in [3.8, 4) is 6.01 Å². The second-order valence-electron chi connectivity index (χ2n) is 6.87. The molecule has 0 aliphatic carbocycles. The zero-order valence-electron chi connectivity index (χ0n) is 16.5. The van der Waals surface area contributed by atoms with Gasteiger partial charge in [0.2, 0.25) is 0 Å². The van der Waals surface area contributed by atoms with Gasteiger partial charge < -0.3 is 9.84 Å². The molecule has 0 fully saturated rings. The van der Waals surface area contributed by atoms with Gasteiger partial charge in [0.25, 0.3) is 11.6 Å². The van der Waals surface area contributed by atoms with Crippen LogP contribution in [-0.2, 0) is 20.1 Å². The highest BCUT2D eigenvalue weighted by molar-refractivity contribution is 6.30. The van der Waals surface area contributed by atoms with Crippen LogP contribution in [0.1, 0.15) is 18.4 Å². The lowest BCUT2D eigenvalue weighted by Gasteiger charge is -2.12. The first-order chi connectivity index (χ1) is 14.6. The molecule has 1 aromatic carbocycles. The smallest absolute Gasteiger partial charge is 0.392 e. The van der Waals surface area contributed by atoms with E-state index in [2.05, 4.69) is 4.98 Å². The molecule has 0 aliphatic heterocycles. The Morgan fingerprint density at radius 3 is 2.45 bits per heavy atom. The number of nitrogens with zero attached hydrogens (tertiary/aromatic N) is 4. The van der Waals surface area contributed by atoms with Gasteiger partial charge in [-0.05, 0) is 24.1 Å². The first-order valence-electron chi connectivity index (χ1n) is 9.37. The number of imidazole rings is 1. The van der Waals surface area contributed by atoms with Crippen LogP contribution in [0.4, 0.5) is 13.2 Å². The first kappa shape index (κ1) is 22.9. The maximum absolute atomic E-state index is 13.1. The monoisotopic (exact) mass is 460 g/mol. The van der Waals surface area contributed by atoms with Gasteiger partial charge in [0.05, 0.1) is 13.0 Å². The van der Waals surface area contributed by atoms with Gasteiger partial charge in [0, 0.05) is 25.2 Å². The molecular formula is C19H20ClF3N4O4. The molecule has 0 atom stereocenters. The lowest BCUT2D eigenvalue weighted by atomic mass is 10.2. The van der Waals surface area contributed by atoms with E-state index in [0.717, 1.165) is 9.13 Å². The van der Waals surface area contributed by atoms with Crippen LogP contribution >= 0.6 is 11.6 Å². The number of aromatic nitrogens is 4. The van der Waals surface area contributed by atoms with E-state index in [0.29, 0.717) is 10.6 Å². The van der Waals surface area contributed by atoms with Crippen molar-refractivity contribution in [1.82, 2.24) is 18.7 Å². The SMILES string of the molecule is Cn1c(=O)n(CCCO)c(=O)c2c1nc(OCCC(F)(F)F)n2Cc1ccc(Cl)cc1. The van der Waals surface area contributed by atoms with Crippen LogP contribution < -0.4 is 16.0 Å². The highest BCUT2D eigenvalue weighted by Gasteiger charge is 2.28. The summed E-state index contributed by atoms with van der Waals surface area (Å²) in [5.74, 6) is 0. The average molecular weight is 461 g/mol. The van der Waals surface area contributed by atoms with E-state index >= 15 is 0 Å². The summed E-state index contributed by atoms with van der Waals surface area (Å²) in [7, 11) is 1.40. The standard InChI is InChI=1S/C19H20ClF3N4O4/c1-25-15-14(16(29)26(18(25)30)8-2-9-28)27(11-12-3-5-13(20)6-4-12)17(24-15)31-10-7-19(21,22)23/h3-6,28H,2,7-11H2,1H3. The second-order valence-corrected chi connectivity index (χ2v) is 7.30. The third kappa shape index (κ3) is 5.10. The Morgan fingerprint density at radius 2 is 1.84 bits per heavy atom. The highest BCUT2D eigenvalue weighted by Crippen LogP contribution is 2.23. The van der Waals surface area contributed by atoms with Gasteiger partial charge in [-0.15, -0.1) is 0 Å². The predicted octanol–water partition coefficient (Wildman–Crippen LogP) is 2.31.